The van der Waals surface area contributed by atoms with Gasteiger partial charge in [-0.25, -0.2) is 9.65 Å². The van der Waals surface area contributed by atoms with Crippen molar-refractivity contribution in [3.63, 3.8) is 0 Å². The van der Waals surface area contributed by atoms with Crippen LogP contribution in [-0.4, -0.2) is 19.1 Å². The Hall–Kier alpha value is -1.03. The van der Waals surface area contributed by atoms with Crippen LogP contribution in [0.1, 0.15) is 27.2 Å². The van der Waals surface area contributed by atoms with Gasteiger partial charge in [0.2, 0.25) is 0 Å². The Morgan fingerprint density at radius 3 is 2.25 bits per heavy atom. The third kappa shape index (κ3) is 9.84. The summed E-state index contributed by atoms with van der Waals surface area (Å²) in [6.07, 6.45) is 0.500. The highest BCUT2D eigenvalue weighted by Crippen LogP contribution is 2.47. The van der Waals surface area contributed by atoms with E-state index in [1.165, 1.54) is 7.05 Å². The van der Waals surface area contributed by atoms with Gasteiger partial charge in [-0.1, -0.05) is 25.1 Å². The molecular formula is C13H21ClNO4P. The average Bonchev–Trinajstić information content (AvgIpc) is 2.39. The second kappa shape index (κ2) is 9.81. The minimum Gasteiger partial charge on any atom is -0.463 e. The van der Waals surface area contributed by atoms with Crippen molar-refractivity contribution >= 4 is 24.1 Å². The maximum Gasteiger partial charge on any atom is 0.408 e. The van der Waals surface area contributed by atoms with Crippen molar-refractivity contribution in [2.45, 2.75) is 33.3 Å². The first-order valence-electron chi connectivity index (χ1n) is 6.23. The van der Waals surface area contributed by atoms with Gasteiger partial charge in [-0.05, 0) is 33.0 Å². The largest absolute Gasteiger partial charge is 0.463 e. The zero-order valence-corrected chi connectivity index (χ0v) is 13.8. The van der Waals surface area contributed by atoms with E-state index in [0.717, 1.165) is 0 Å². The zero-order chi connectivity index (χ0) is 15.6. The lowest BCUT2D eigenvalue weighted by Crippen LogP contribution is -2.09. The molecule has 0 radical (unpaired) electrons. The summed E-state index contributed by atoms with van der Waals surface area (Å²) in [6.45, 7) is 2.29. The summed E-state index contributed by atoms with van der Waals surface area (Å²) in [5.41, 5.74) is 0. The predicted octanol–water partition coefficient (Wildman–Crippen LogP) is 3.98. The summed E-state index contributed by atoms with van der Waals surface area (Å²) in [4.78, 5) is 10.4. The molecule has 1 aromatic carbocycles. The van der Waals surface area contributed by atoms with Crippen LogP contribution in [0.5, 0.6) is 5.75 Å². The molecule has 0 aliphatic heterocycles. The van der Waals surface area contributed by atoms with Crippen LogP contribution in [0.4, 0.5) is 0 Å². The van der Waals surface area contributed by atoms with Gasteiger partial charge < -0.3 is 9.26 Å². The number of benzene rings is 1. The zero-order valence-electron chi connectivity index (χ0n) is 12.1. The molecule has 1 N–H and O–H groups in total. The van der Waals surface area contributed by atoms with Crippen molar-refractivity contribution in [1.29, 1.82) is 0 Å². The highest BCUT2D eigenvalue weighted by atomic mass is 35.7. The SMILES string of the molecule is CCC(=O)OC(C)C.CNP(=O)(Cl)Oc1ccccc1. The van der Waals surface area contributed by atoms with E-state index in [0.29, 0.717) is 12.2 Å². The molecule has 0 aliphatic carbocycles. The van der Waals surface area contributed by atoms with Gasteiger partial charge in [-0.3, -0.25) is 4.79 Å². The van der Waals surface area contributed by atoms with E-state index in [1.807, 2.05) is 19.9 Å². The molecule has 0 fully saturated rings. The van der Waals surface area contributed by atoms with E-state index < -0.39 is 6.87 Å². The number of para-hydroxylation sites is 1. The fourth-order valence-electron chi connectivity index (χ4n) is 1.01. The van der Waals surface area contributed by atoms with E-state index in [1.54, 1.807) is 31.2 Å². The normalized spacial score (nSPS) is 12.9. The summed E-state index contributed by atoms with van der Waals surface area (Å²) in [5.74, 6) is 0.366. The average molecular weight is 322 g/mol. The van der Waals surface area contributed by atoms with Gasteiger partial charge in [0.25, 0.3) is 0 Å². The Kier molecular flexibility index (Phi) is 9.30. The molecule has 0 saturated carbocycles. The smallest absolute Gasteiger partial charge is 0.408 e. The second-order valence-corrected chi connectivity index (χ2v) is 6.92. The summed E-state index contributed by atoms with van der Waals surface area (Å²) in [7, 11) is 1.48. The van der Waals surface area contributed by atoms with Crippen LogP contribution >= 0.6 is 18.1 Å². The summed E-state index contributed by atoms with van der Waals surface area (Å²) < 4.78 is 20.9. The summed E-state index contributed by atoms with van der Waals surface area (Å²) in [5, 5.41) is 2.39. The van der Waals surface area contributed by atoms with Gasteiger partial charge in [0, 0.05) is 17.7 Å². The van der Waals surface area contributed by atoms with Crippen LogP contribution in [0, 0.1) is 0 Å². The second-order valence-electron chi connectivity index (χ2n) is 4.00. The van der Waals surface area contributed by atoms with Gasteiger partial charge in [0.1, 0.15) is 5.75 Å². The van der Waals surface area contributed by atoms with E-state index >= 15 is 0 Å². The fourth-order valence-corrected chi connectivity index (χ4v) is 1.73. The van der Waals surface area contributed by atoms with Gasteiger partial charge in [-0.2, -0.15) is 0 Å². The molecule has 0 aliphatic rings. The van der Waals surface area contributed by atoms with Crippen LogP contribution in [0.3, 0.4) is 0 Å². The number of rotatable bonds is 5. The van der Waals surface area contributed by atoms with Crippen LogP contribution in [0.15, 0.2) is 30.3 Å². The lowest BCUT2D eigenvalue weighted by molar-refractivity contribution is -0.146. The Balaban J connectivity index is 0.000000396. The number of hydrogen-bond acceptors (Lipinski definition) is 4. The van der Waals surface area contributed by atoms with Gasteiger partial charge in [0.05, 0.1) is 6.10 Å². The van der Waals surface area contributed by atoms with Crippen molar-refractivity contribution in [2.75, 3.05) is 7.05 Å². The third-order valence-corrected chi connectivity index (χ3v) is 3.58. The van der Waals surface area contributed by atoms with Gasteiger partial charge in [-0.15, -0.1) is 0 Å². The maximum atomic E-state index is 11.2. The Labute approximate surface area is 124 Å². The van der Waals surface area contributed by atoms with Crippen molar-refractivity contribution in [1.82, 2.24) is 5.09 Å². The highest BCUT2D eigenvalue weighted by Gasteiger charge is 2.16. The number of ether oxygens (including phenoxy) is 1. The first-order valence-corrected chi connectivity index (χ1v) is 8.76. The molecule has 0 heterocycles. The van der Waals surface area contributed by atoms with Crippen molar-refractivity contribution in [3.05, 3.63) is 30.3 Å². The number of halogens is 1. The number of carbonyl (C=O) groups is 1. The molecule has 1 rings (SSSR count). The monoisotopic (exact) mass is 321 g/mol. The van der Waals surface area contributed by atoms with Crippen LogP contribution in [-0.2, 0) is 14.1 Å². The highest BCUT2D eigenvalue weighted by molar-refractivity contribution is 7.84. The molecule has 1 atom stereocenters. The minimum atomic E-state index is -3.17. The van der Waals surface area contributed by atoms with E-state index in [-0.39, 0.29) is 12.1 Å². The quantitative estimate of drug-likeness (QED) is 0.656. The number of carbonyl (C=O) groups excluding carboxylic acids is 1. The standard InChI is InChI=1S/C7H9ClNO2P.C6H12O2/c1-9-12(8,10)11-7-5-3-2-4-6-7;1-4-6(7)8-5(2)3/h2-6H,1H3,(H,9,10);5H,4H2,1-3H3. The summed E-state index contributed by atoms with van der Waals surface area (Å²) in [6, 6.07) is 8.77. The van der Waals surface area contributed by atoms with Crippen molar-refractivity contribution in [3.8, 4) is 5.75 Å². The van der Waals surface area contributed by atoms with Crippen molar-refractivity contribution in [2.24, 2.45) is 0 Å². The Morgan fingerprint density at radius 2 is 1.90 bits per heavy atom. The molecule has 0 bridgehead atoms. The van der Waals surface area contributed by atoms with Crippen molar-refractivity contribution < 1.29 is 18.6 Å². The van der Waals surface area contributed by atoms with E-state index in [9.17, 15) is 9.36 Å². The van der Waals surface area contributed by atoms with Gasteiger partial charge >= 0.3 is 12.8 Å². The maximum absolute atomic E-state index is 11.2. The van der Waals surface area contributed by atoms with Crippen LogP contribution in [0.2, 0.25) is 0 Å². The van der Waals surface area contributed by atoms with E-state index in [4.69, 9.17) is 20.5 Å². The van der Waals surface area contributed by atoms with E-state index in [2.05, 4.69) is 5.09 Å². The predicted molar refractivity (Wildman–Crippen MR) is 81.1 cm³/mol. The molecule has 0 amide bonds. The lowest BCUT2D eigenvalue weighted by Gasteiger charge is -2.10. The Morgan fingerprint density at radius 1 is 1.35 bits per heavy atom. The molecule has 20 heavy (non-hydrogen) atoms. The van der Waals surface area contributed by atoms with Gasteiger partial charge in [0.15, 0.2) is 0 Å². The number of esters is 1. The first kappa shape index (κ1) is 19.0. The molecule has 0 aromatic heterocycles. The molecule has 1 unspecified atom stereocenters. The molecule has 114 valence electrons. The third-order valence-electron chi connectivity index (χ3n) is 1.89. The number of hydrogen-bond donors (Lipinski definition) is 1. The minimum absolute atomic E-state index is 0.0300. The molecule has 5 nitrogen and oxygen atoms in total. The van der Waals surface area contributed by atoms with Crippen LogP contribution in [0.25, 0.3) is 0 Å². The fraction of sp³-hybridized carbons (Fsp3) is 0.462. The lowest BCUT2D eigenvalue weighted by atomic mass is 10.3. The first-order chi connectivity index (χ1) is 9.30. The molecule has 7 heteroatoms. The van der Waals surface area contributed by atoms with Crippen LogP contribution < -0.4 is 9.61 Å². The topological polar surface area (TPSA) is 64.6 Å². The molecule has 0 saturated heterocycles. The summed E-state index contributed by atoms with van der Waals surface area (Å²) >= 11 is 5.48. The number of nitrogens with one attached hydrogen (secondary N) is 1. The Bertz CT molecular complexity index is 439. The molecule has 0 spiro atoms. The molecular weight excluding hydrogens is 301 g/mol. The molecule has 1 aromatic rings.